The Kier molecular flexibility index (Phi) is 45.7. The minimum absolute atomic E-state index is 0.0183. The van der Waals surface area contributed by atoms with E-state index in [-0.39, 0.29) is 12.5 Å². The van der Waals surface area contributed by atoms with Gasteiger partial charge in [0, 0.05) is 6.42 Å². The first-order valence-electron chi connectivity index (χ1n) is 26.4. The third kappa shape index (κ3) is 50.6. The van der Waals surface area contributed by atoms with Crippen molar-refractivity contribution >= 4 is 13.7 Å². The van der Waals surface area contributed by atoms with Gasteiger partial charge in [0.25, 0.3) is 7.82 Å². The summed E-state index contributed by atoms with van der Waals surface area (Å²) in [4.78, 5) is 25.4. The van der Waals surface area contributed by atoms with E-state index in [0.717, 1.165) is 103 Å². The quantitative estimate of drug-likeness (QED) is 0.0272. The van der Waals surface area contributed by atoms with Gasteiger partial charge in [0.15, 0.2) is 0 Å². The molecule has 0 aromatic heterocycles. The van der Waals surface area contributed by atoms with Crippen LogP contribution in [0.5, 0.6) is 0 Å². The van der Waals surface area contributed by atoms with E-state index < -0.39 is 26.6 Å². The number of aliphatic hydroxyl groups excluding tert-OH is 1. The Balaban J connectivity index is 4.36. The fourth-order valence-corrected chi connectivity index (χ4v) is 7.47. The Morgan fingerprint density at radius 2 is 0.925 bits per heavy atom. The number of quaternary nitrogens is 1. The zero-order chi connectivity index (χ0) is 49.2. The van der Waals surface area contributed by atoms with Gasteiger partial charge in [-0.1, -0.05) is 200 Å². The first kappa shape index (κ1) is 63.9. The second-order valence-corrected chi connectivity index (χ2v) is 19.9. The van der Waals surface area contributed by atoms with E-state index in [2.05, 4.69) is 129 Å². The second-order valence-electron chi connectivity index (χ2n) is 18.5. The first-order chi connectivity index (χ1) is 32.5. The van der Waals surface area contributed by atoms with Crippen molar-refractivity contribution in [1.29, 1.82) is 0 Å². The van der Waals surface area contributed by atoms with E-state index in [9.17, 15) is 19.4 Å². The predicted octanol–water partition coefficient (Wildman–Crippen LogP) is 15.2. The van der Waals surface area contributed by atoms with Crippen molar-refractivity contribution in [2.24, 2.45) is 0 Å². The summed E-state index contributed by atoms with van der Waals surface area (Å²) in [6.45, 7) is 4.46. The number of allylic oxidation sites excluding steroid dienone is 19. The lowest BCUT2D eigenvalue weighted by Crippen LogP contribution is -2.45. The number of unbranched alkanes of at least 4 members (excludes halogenated alkanes) is 15. The van der Waals surface area contributed by atoms with E-state index >= 15 is 0 Å². The Morgan fingerprint density at radius 3 is 1.39 bits per heavy atom. The smallest absolute Gasteiger partial charge is 0.268 e. The molecule has 2 N–H and O–H groups in total. The van der Waals surface area contributed by atoms with Crippen LogP contribution >= 0.6 is 7.82 Å². The molecule has 0 aliphatic carbocycles. The van der Waals surface area contributed by atoms with Crippen LogP contribution in [0.2, 0.25) is 0 Å². The second kappa shape index (κ2) is 47.9. The van der Waals surface area contributed by atoms with Gasteiger partial charge in [0.05, 0.1) is 39.9 Å². The molecule has 9 heteroatoms. The summed E-state index contributed by atoms with van der Waals surface area (Å²) in [7, 11) is 1.21. The van der Waals surface area contributed by atoms with E-state index in [1.165, 1.54) is 64.2 Å². The summed E-state index contributed by atoms with van der Waals surface area (Å²) in [6.07, 6.45) is 71.2. The van der Waals surface area contributed by atoms with Crippen LogP contribution in [0.3, 0.4) is 0 Å². The van der Waals surface area contributed by atoms with Gasteiger partial charge < -0.3 is 28.8 Å². The maximum Gasteiger partial charge on any atom is 0.268 e. The molecular weight excluding hydrogens is 852 g/mol. The molecule has 0 heterocycles. The molecule has 0 spiro atoms. The lowest BCUT2D eigenvalue weighted by molar-refractivity contribution is -0.870. The van der Waals surface area contributed by atoms with Crippen molar-refractivity contribution in [2.75, 3.05) is 40.9 Å². The Bertz CT molecular complexity index is 1500. The fourth-order valence-electron chi connectivity index (χ4n) is 6.75. The highest BCUT2D eigenvalue weighted by atomic mass is 31.2. The lowest BCUT2D eigenvalue weighted by Gasteiger charge is -2.29. The van der Waals surface area contributed by atoms with Crippen LogP contribution in [0.4, 0.5) is 0 Å². The van der Waals surface area contributed by atoms with E-state index in [1.54, 1.807) is 6.08 Å². The molecule has 0 radical (unpaired) electrons. The summed E-state index contributed by atoms with van der Waals surface area (Å²) in [5.74, 6) is -0.229. The number of hydrogen-bond acceptors (Lipinski definition) is 6. The zero-order valence-electron chi connectivity index (χ0n) is 43.3. The van der Waals surface area contributed by atoms with E-state index in [1.807, 2.05) is 27.2 Å². The van der Waals surface area contributed by atoms with Crippen LogP contribution in [0.15, 0.2) is 122 Å². The van der Waals surface area contributed by atoms with Gasteiger partial charge in [-0.3, -0.25) is 9.36 Å². The van der Waals surface area contributed by atoms with Crippen LogP contribution < -0.4 is 10.2 Å². The molecule has 0 aliphatic heterocycles. The number of nitrogens with zero attached hydrogens (tertiary/aromatic N) is 1. The topological polar surface area (TPSA) is 108 Å². The number of phosphoric ester groups is 1. The number of nitrogens with one attached hydrogen (secondary N) is 1. The van der Waals surface area contributed by atoms with Crippen molar-refractivity contribution in [3.05, 3.63) is 122 Å². The summed E-state index contributed by atoms with van der Waals surface area (Å²) in [5, 5.41) is 13.8. The minimum atomic E-state index is -4.62. The lowest BCUT2D eigenvalue weighted by atomic mass is 10.1. The molecule has 8 nitrogen and oxygen atoms in total. The molecule has 0 saturated heterocycles. The van der Waals surface area contributed by atoms with Gasteiger partial charge >= 0.3 is 0 Å². The number of phosphoric acid groups is 1. The Morgan fingerprint density at radius 1 is 0.537 bits per heavy atom. The minimum Gasteiger partial charge on any atom is -0.756 e. The van der Waals surface area contributed by atoms with Gasteiger partial charge in [-0.2, -0.15) is 0 Å². The van der Waals surface area contributed by atoms with Crippen LogP contribution in [-0.2, 0) is 18.4 Å². The van der Waals surface area contributed by atoms with Crippen molar-refractivity contribution in [3.8, 4) is 0 Å². The molecule has 1 amide bonds. The van der Waals surface area contributed by atoms with Crippen molar-refractivity contribution in [1.82, 2.24) is 5.32 Å². The first-order valence-corrected chi connectivity index (χ1v) is 27.9. The van der Waals surface area contributed by atoms with E-state index in [4.69, 9.17) is 9.05 Å². The SMILES string of the molecule is CC/C=C\C/C=C\C/C=C\C/C=C\C/C=C\C/C=C\C/C=C\CCCCCCCCCC(=O)NC(COP(=O)([O-])OCC[N+](C)(C)C)C(O)/C=C/CC/C=C/CC/C=C/CCCCCCCC. The highest BCUT2D eigenvalue weighted by Gasteiger charge is 2.23. The fraction of sp³-hybridized carbons (Fsp3) is 0.638. The molecular formula is C58H99N2O6P. The molecule has 0 aromatic rings. The molecule has 0 fully saturated rings. The molecule has 0 aliphatic rings. The van der Waals surface area contributed by atoms with Gasteiger partial charge in [-0.15, -0.1) is 0 Å². The third-order valence-corrected chi connectivity index (χ3v) is 11.8. The standard InChI is InChI=1S/C58H99N2O6P/c1-6-8-10-12-14-16-18-20-22-24-25-26-27-28-29-30-31-32-33-34-35-36-38-40-42-44-46-48-50-52-58(62)59-56(55-66-67(63,64)65-54-53-60(3,4)5)57(61)51-49-47-45-43-41-39-37-23-21-19-17-15-13-11-9-7-2/h8,10,14,16,20-23,25-26,28-29,31-32,34-35,41,43,49,51,56-57,61H,6-7,9,11-13,15,17-19,24,27,30,33,36-40,42,44-48,50,52-55H2,1-5H3,(H-,59,62,63,64)/b10-8-,16-14-,22-20-,23-21+,26-25-,29-28-,32-31-,35-34-,43-41+,51-49+. The summed E-state index contributed by atoms with van der Waals surface area (Å²) >= 11 is 0. The van der Waals surface area contributed by atoms with Crippen molar-refractivity contribution in [2.45, 2.75) is 199 Å². The van der Waals surface area contributed by atoms with Crippen LogP contribution in [-0.4, -0.2) is 68.5 Å². The molecule has 67 heavy (non-hydrogen) atoms. The summed E-state index contributed by atoms with van der Waals surface area (Å²) in [6, 6.07) is -0.925. The Hall–Kier alpha value is -3.10. The largest absolute Gasteiger partial charge is 0.756 e. The molecule has 3 unspecified atom stereocenters. The van der Waals surface area contributed by atoms with Gasteiger partial charge in [0.2, 0.25) is 5.91 Å². The maximum atomic E-state index is 12.9. The number of carbonyl (C=O) groups excluding carboxylic acids is 1. The third-order valence-electron chi connectivity index (χ3n) is 10.9. The molecule has 0 aromatic carbocycles. The van der Waals surface area contributed by atoms with Crippen LogP contribution in [0.1, 0.15) is 187 Å². The highest BCUT2D eigenvalue weighted by molar-refractivity contribution is 7.45. The number of amides is 1. The van der Waals surface area contributed by atoms with Crippen molar-refractivity contribution < 1.29 is 32.9 Å². The van der Waals surface area contributed by atoms with Gasteiger partial charge in [0.1, 0.15) is 13.2 Å². The summed E-state index contributed by atoms with van der Waals surface area (Å²) < 4.78 is 23.2. The number of likely N-dealkylation sites (N-methyl/N-ethyl adjacent to an activating group) is 1. The maximum absolute atomic E-state index is 12.9. The van der Waals surface area contributed by atoms with Crippen LogP contribution in [0, 0.1) is 0 Å². The normalized spacial score (nSPS) is 15.0. The molecule has 0 saturated carbocycles. The monoisotopic (exact) mass is 951 g/mol. The average molecular weight is 951 g/mol. The number of hydrogen-bond donors (Lipinski definition) is 2. The number of aliphatic hydroxyl groups is 1. The Labute approximate surface area is 412 Å². The van der Waals surface area contributed by atoms with Crippen LogP contribution in [0.25, 0.3) is 0 Å². The summed E-state index contributed by atoms with van der Waals surface area (Å²) in [5.41, 5.74) is 0. The van der Waals surface area contributed by atoms with Gasteiger partial charge in [-0.05, 0) is 103 Å². The molecule has 0 rings (SSSR count). The zero-order valence-corrected chi connectivity index (χ0v) is 44.2. The molecule has 382 valence electrons. The predicted molar refractivity (Wildman–Crippen MR) is 288 cm³/mol. The van der Waals surface area contributed by atoms with Gasteiger partial charge in [-0.25, -0.2) is 0 Å². The molecule has 3 atom stereocenters. The average Bonchev–Trinajstić information content (AvgIpc) is 3.29. The number of rotatable bonds is 46. The van der Waals surface area contributed by atoms with E-state index in [0.29, 0.717) is 17.4 Å². The molecule has 0 bridgehead atoms. The highest BCUT2D eigenvalue weighted by Crippen LogP contribution is 2.38. The van der Waals surface area contributed by atoms with Crippen molar-refractivity contribution in [3.63, 3.8) is 0 Å². The number of carbonyl (C=O) groups is 1.